The number of hydrogen-bond acceptors (Lipinski definition) is 3. The minimum atomic E-state index is -0.153. The van der Waals surface area contributed by atoms with Gasteiger partial charge in [-0.3, -0.25) is 4.99 Å². The van der Waals surface area contributed by atoms with Gasteiger partial charge in [0.1, 0.15) is 5.82 Å². The number of benzene rings is 1. The fourth-order valence-electron chi connectivity index (χ4n) is 2.66. The van der Waals surface area contributed by atoms with Gasteiger partial charge in [0.25, 0.3) is 0 Å². The molecule has 1 fully saturated rings. The molecule has 1 atom stereocenters. The molecule has 1 aliphatic heterocycles. The van der Waals surface area contributed by atoms with Crippen molar-refractivity contribution >= 4 is 41.7 Å². The molecule has 1 saturated heterocycles. The lowest BCUT2D eigenvalue weighted by atomic mass is 10.1. The number of hydrogen-bond donors (Lipinski definition) is 1. The molecule has 1 unspecified atom stereocenters. The van der Waals surface area contributed by atoms with Crippen LogP contribution in [0.1, 0.15) is 13.3 Å². The van der Waals surface area contributed by atoms with Crippen LogP contribution in [0.25, 0.3) is 0 Å². The summed E-state index contributed by atoms with van der Waals surface area (Å²) in [4.78, 5) is 7.33. The lowest BCUT2D eigenvalue weighted by Crippen LogP contribution is -2.41. The zero-order chi connectivity index (χ0) is 16.5. The third-order valence-corrected chi connectivity index (χ3v) is 4.88. The van der Waals surface area contributed by atoms with E-state index in [1.165, 1.54) is 17.8 Å². The highest BCUT2D eigenvalue weighted by atomic mass is 127. The van der Waals surface area contributed by atoms with E-state index in [4.69, 9.17) is 4.74 Å². The summed E-state index contributed by atoms with van der Waals surface area (Å²) in [5.74, 6) is 2.16. The Hall–Kier alpha value is -0.540. The molecule has 1 aliphatic rings. The van der Waals surface area contributed by atoms with Crippen molar-refractivity contribution < 1.29 is 9.13 Å². The number of ether oxygens (including phenoxy) is 1. The smallest absolute Gasteiger partial charge is 0.193 e. The van der Waals surface area contributed by atoms with Gasteiger partial charge in [0, 0.05) is 49.9 Å². The Morgan fingerprint density at radius 2 is 2.25 bits per heavy atom. The third-order valence-electron chi connectivity index (χ3n) is 3.83. The maximum absolute atomic E-state index is 13.5. The molecule has 7 heteroatoms. The standard InChI is InChI=1S/C17H26FN3OS.HI/c1-3-22-13-14-8-10-21(12-14)17(19-2)20-9-11-23-16-7-5-4-6-15(16)18;/h4-7,14H,3,8-13H2,1-2H3,(H,19,20);1H. The minimum Gasteiger partial charge on any atom is -0.381 e. The second kappa shape index (κ2) is 11.9. The molecule has 1 heterocycles. The number of guanidine groups is 1. The predicted octanol–water partition coefficient (Wildman–Crippen LogP) is 3.47. The normalized spacial score (nSPS) is 17.7. The zero-order valence-corrected chi connectivity index (χ0v) is 17.5. The average Bonchev–Trinajstić information content (AvgIpc) is 3.03. The Kier molecular flexibility index (Phi) is 10.7. The quantitative estimate of drug-likeness (QED) is 0.219. The van der Waals surface area contributed by atoms with Crippen molar-refractivity contribution in [1.29, 1.82) is 0 Å². The summed E-state index contributed by atoms with van der Waals surface area (Å²) in [6.45, 7) is 6.39. The van der Waals surface area contributed by atoms with E-state index in [1.54, 1.807) is 6.07 Å². The van der Waals surface area contributed by atoms with Crippen molar-refractivity contribution in [1.82, 2.24) is 10.2 Å². The Balaban J connectivity index is 0.00000288. The van der Waals surface area contributed by atoms with Crippen LogP contribution >= 0.6 is 35.7 Å². The van der Waals surface area contributed by atoms with Crippen LogP contribution in [0.5, 0.6) is 0 Å². The molecule has 0 amide bonds. The number of thioether (sulfide) groups is 1. The summed E-state index contributed by atoms with van der Waals surface area (Å²) >= 11 is 1.52. The lowest BCUT2D eigenvalue weighted by molar-refractivity contribution is 0.114. The van der Waals surface area contributed by atoms with Crippen LogP contribution in [0.2, 0.25) is 0 Å². The molecule has 0 radical (unpaired) electrons. The highest BCUT2D eigenvalue weighted by molar-refractivity contribution is 14.0. The van der Waals surface area contributed by atoms with Gasteiger partial charge in [-0.15, -0.1) is 35.7 Å². The van der Waals surface area contributed by atoms with Crippen molar-refractivity contribution in [3.8, 4) is 0 Å². The molecule has 1 aromatic carbocycles. The number of halogens is 2. The molecule has 0 aromatic heterocycles. The summed E-state index contributed by atoms with van der Waals surface area (Å²) in [6, 6.07) is 6.89. The maximum atomic E-state index is 13.5. The van der Waals surface area contributed by atoms with Crippen LogP contribution in [0.3, 0.4) is 0 Å². The first-order chi connectivity index (χ1) is 11.2. The van der Waals surface area contributed by atoms with E-state index < -0.39 is 0 Å². The first-order valence-electron chi connectivity index (χ1n) is 8.15. The summed E-state index contributed by atoms with van der Waals surface area (Å²) in [5, 5.41) is 3.37. The molecule has 1 aromatic rings. The van der Waals surface area contributed by atoms with Crippen LogP contribution in [0, 0.1) is 11.7 Å². The molecule has 0 saturated carbocycles. The molecule has 1 N–H and O–H groups in total. The molecule has 0 spiro atoms. The van der Waals surface area contributed by atoms with Crippen LogP contribution < -0.4 is 5.32 Å². The molecule has 136 valence electrons. The first-order valence-corrected chi connectivity index (χ1v) is 9.13. The van der Waals surface area contributed by atoms with Crippen molar-refractivity contribution in [2.24, 2.45) is 10.9 Å². The molecule has 0 bridgehead atoms. The van der Waals surface area contributed by atoms with Crippen molar-refractivity contribution in [3.05, 3.63) is 30.1 Å². The fourth-order valence-corrected chi connectivity index (χ4v) is 3.47. The van der Waals surface area contributed by atoms with Gasteiger partial charge < -0.3 is 15.0 Å². The molecular formula is C17H27FIN3OS. The number of likely N-dealkylation sites (tertiary alicyclic amines) is 1. The SMILES string of the molecule is CCOCC1CCN(C(=NC)NCCSc2ccccc2F)C1.I. The highest BCUT2D eigenvalue weighted by Crippen LogP contribution is 2.20. The molecular weight excluding hydrogens is 440 g/mol. The second-order valence-electron chi connectivity index (χ2n) is 5.51. The highest BCUT2D eigenvalue weighted by Gasteiger charge is 2.24. The number of nitrogens with one attached hydrogen (secondary N) is 1. The van der Waals surface area contributed by atoms with Crippen LogP contribution in [-0.4, -0.2) is 56.5 Å². The van der Waals surface area contributed by atoms with Crippen LogP contribution in [0.15, 0.2) is 34.2 Å². The molecule has 4 nitrogen and oxygen atoms in total. The Bertz CT molecular complexity index is 518. The minimum absolute atomic E-state index is 0. The van der Waals surface area contributed by atoms with Gasteiger partial charge >= 0.3 is 0 Å². The van der Waals surface area contributed by atoms with E-state index in [1.807, 2.05) is 26.1 Å². The van der Waals surface area contributed by atoms with Crippen LogP contribution in [0.4, 0.5) is 4.39 Å². The predicted molar refractivity (Wildman–Crippen MR) is 110 cm³/mol. The van der Waals surface area contributed by atoms with Gasteiger partial charge in [-0.1, -0.05) is 12.1 Å². The molecule has 0 aliphatic carbocycles. The van der Waals surface area contributed by atoms with Gasteiger partial charge in [0.05, 0.1) is 6.61 Å². The van der Waals surface area contributed by atoms with Gasteiger partial charge in [-0.05, 0) is 25.5 Å². The van der Waals surface area contributed by atoms with E-state index in [2.05, 4.69) is 15.2 Å². The summed E-state index contributed by atoms with van der Waals surface area (Å²) < 4.78 is 19.1. The average molecular weight is 467 g/mol. The Morgan fingerprint density at radius 1 is 1.46 bits per heavy atom. The van der Waals surface area contributed by atoms with E-state index >= 15 is 0 Å². The molecule has 2 rings (SSSR count). The zero-order valence-electron chi connectivity index (χ0n) is 14.3. The van der Waals surface area contributed by atoms with Gasteiger partial charge in [0.15, 0.2) is 5.96 Å². The van der Waals surface area contributed by atoms with Crippen molar-refractivity contribution in [3.63, 3.8) is 0 Å². The summed E-state index contributed by atoms with van der Waals surface area (Å²) in [6.07, 6.45) is 1.14. The van der Waals surface area contributed by atoms with E-state index in [9.17, 15) is 4.39 Å². The van der Waals surface area contributed by atoms with Crippen LogP contribution in [-0.2, 0) is 4.74 Å². The van der Waals surface area contributed by atoms with Gasteiger partial charge in [-0.2, -0.15) is 0 Å². The number of rotatable bonds is 7. The number of aliphatic imine (C=N–C) groups is 1. The maximum Gasteiger partial charge on any atom is 0.193 e. The Labute approximate surface area is 165 Å². The molecule has 24 heavy (non-hydrogen) atoms. The van der Waals surface area contributed by atoms with Crippen molar-refractivity contribution in [2.45, 2.75) is 18.2 Å². The second-order valence-corrected chi connectivity index (χ2v) is 6.65. The topological polar surface area (TPSA) is 36.9 Å². The van der Waals surface area contributed by atoms with E-state index in [0.29, 0.717) is 10.8 Å². The van der Waals surface area contributed by atoms with E-state index in [-0.39, 0.29) is 29.8 Å². The van der Waals surface area contributed by atoms with Gasteiger partial charge in [0.2, 0.25) is 0 Å². The summed E-state index contributed by atoms with van der Waals surface area (Å²) in [5.41, 5.74) is 0. The largest absolute Gasteiger partial charge is 0.381 e. The summed E-state index contributed by atoms with van der Waals surface area (Å²) in [7, 11) is 1.81. The fraction of sp³-hybridized carbons (Fsp3) is 0.588. The van der Waals surface area contributed by atoms with Crippen molar-refractivity contribution in [2.75, 3.05) is 45.6 Å². The number of nitrogens with zero attached hydrogens (tertiary/aromatic N) is 2. The first kappa shape index (κ1) is 21.5. The third kappa shape index (κ3) is 6.76. The lowest BCUT2D eigenvalue weighted by Gasteiger charge is -2.21. The van der Waals surface area contributed by atoms with Gasteiger partial charge in [-0.25, -0.2) is 4.39 Å². The van der Waals surface area contributed by atoms with E-state index in [0.717, 1.165) is 51.0 Å². The monoisotopic (exact) mass is 467 g/mol. The Morgan fingerprint density at radius 3 is 2.96 bits per heavy atom.